The van der Waals surface area contributed by atoms with E-state index in [0.717, 1.165) is 27.3 Å². The van der Waals surface area contributed by atoms with Gasteiger partial charge in [-0.05, 0) is 25.5 Å². The third-order valence-electron chi connectivity index (χ3n) is 5.53. The number of anilines is 1. The van der Waals surface area contributed by atoms with Crippen molar-refractivity contribution < 1.29 is 4.79 Å². The van der Waals surface area contributed by atoms with Crippen molar-refractivity contribution in [3.05, 3.63) is 61.0 Å². The minimum absolute atomic E-state index is 0.158. The molecule has 1 unspecified atom stereocenters. The summed E-state index contributed by atoms with van der Waals surface area (Å²) < 4.78 is 5.22. The molecule has 2 N–H and O–H groups in total. The normalized spacial score (nSPS) is 12.5. The fourth-order valence-corrected chi connectivity index (χ4v) is 4.66. The molecule has 4 aromatic rings. The standard InChI is InChI=1S/C21H23N7O4S/c1-5-10-27-17(30)12-8-6-7-9-13(12)28-19(27)23-24-20(28)33-11(2)15(29)14-16(22)25(3)21(32)26(4)18(14)31/h6-9,11H,5,10,22H2,1-4H3. The lowest BCUT2D eigenvalue weighted by atomic mass is 10.1. The van der Waals surface area contributed by atoms with E-state index < -0.39 is 22.3 Å². The van der Waals surface area contributed by atoms with E-state index >= 15 is 0 Å². The number of benzene rings is 1. The summed E-state index contributed by atoms with van der Waals surface area (Å²) >= 11 is 1.10. The Morgan fingerprint density at radius 3 is 2.48 bits per heavy atom. The van der Waals surface area contributed by atoms with Crippen LogP contribution in [0.2, 0.25) is 0 Å². The quantitative estimate of drug-likeness (QED) is 0.323. The third kappa shape index (κ3) is 3.46. The molecule has 3 heterocycles. The van der Waals surface area contributed by atoms with Gasteiger partial charge in [0.05, 0.1) is 16.2 Å². The second kappa shape index (κ2) is 8.35. The maximum absolute atomic E-state index is 13.2. The molecule has 11 nitrogen and oxygen atoms in total. The average molecular weight is 470 g/mol. The monoisotopic (exact) mass is 469 g/mol. The molecule has 4 rings (SSSR count). The molecular weight excluding hydrogens is 446 g/mol. The highest BCUT2D eigenvalue weighted by Crippen LogP contribution is 2.27. The van der Waals surface area contributed by atoms with Crippen LogP contribution in [0.4, 0.5) is 5.82 Å². The van der Waals surface area contributed by atoms with Crippen molar-refractivity contribution in [2.45, 2.75) is 37.2 Å². The van der Waals surface area contributed by atoms with Gasteiger partial charge in [0, 0.05) is 20.6 Å². The van der Waals surface area contributed by atoms with Gasteiger partial charge in [-0.1, -0.05) is 30.8 Å². The van der Waals surface area contributed by atoms with Crippen molar-refractivity contribution in [2.75, 3.05) is 5.73 Å². The fourth-order valence-electron chi connectivity index (χ4n) is 3.74. The van der Waals surface area contributed by atoms with E-state index in [-0.39, 0.29) is 16.9 Å². The highest BCUT2D eigenvalue weighted by molar-refractivity contribution is 8.00. The molecule has 3 aromatic heterocycles. The highest BCUT2D eigenvalue weighted by atomic mass is 32.2. The summed E-state index contributed by atoms with van der Waals surface area (Å²) in [6.07, 6.45) is 0.730. The molecule has 0 aliphatic heterocycles. The molecule has 0 saturated heterocycles. The van der Waals surface area contributed by atoms with E-state index in [9.17, 15) is 19.2 Å². The number of hydrogen-bond acceptors (Lipinski definition) is 8. The first-order valence-electron chi connectivity index (χ1n) is 10.3. The van der Waals surface area contributed by atoms with E-state index in [1.165, 1.54) is 14.1 Å². The molecule has 0 bridgehead atoms. The minimum atomic E-state index is -0.768. The number of carbonyl (C=O) groups excluding carboxylic acids is 1. The van der Waals surface area contributed by atoms with Crippen LogP contribution < -0.4 is 22.5 Å². The number of aryl methyl sites for hydroxylation is 1. The van der Waals surface area contributed by atoms with E-state index in [1.54, 1.807) is 34.1 Å². The summed E-state index contributed by atoms with van der Waals surface area (Å²) in [5, 5.41) is 8.59. The highest BCUT2D eigenvalue weighted by Gasteiger charge is 2.27. The van der Waals surface area contributed by atoms with E-state index in [2.05, 4.69) is 10.2 Å². The van der Waals surface area contributed by atoms with Gasteiger partial charge >= 0.3 is 5.69 Å². The van der Waals surface area contributed by atoms with Crippen LogP contribution in [0, 0.1) is 0 Å². The van der Waals surface area contributed by atoms with Crippen molar-refractivity contribution >= 4 is 40.0 Å². The van der Waals surface area contributed by atoms with E-state index in [0.29, 0.717) is 28.4 Å². The molecule has 1 aromatic carbocycles. The van der Waals surface area contributed by atoms with Crippen molar-refractivity contribution in [1.29, 1.82) is 0 Å². The van der Waals surface area contributed by atoms with Gasteiger partial charge in [-0.25, -0.2) is 4.79 Å². The van der Waals surface area contributed by atoms with Gasteiger partial charge in [-0.15, -0.1) is 10.2 Å². The molecule has 0 spiro atoms. The van der Waals surface area contributed by atoms with Crippen LogP contribution >= 0.6 is 11.8 Å². The predicted octanol–water partition coefficient (Wildman–Crippen LogP) is 0.797. The van der Waals surface area contributed by atoms with Crippen LogP contribution in [0.25, 0.3) is 16.7 Å². The van der Waals surface area contributed by atoms with Gasteiger partial charge in [0.2, 0.25) is 5.78 Å². The Morgan fingerprint density at radius 1 is 1.09 bits per heavy atom. The number of nitrogens with zero attached hydrogens (tertiary/aromatic N) is 6. The van der Waals surface area contributed by atoms with E-state index in [1.807, 2.05) is 13.0 Å². The Kier molecular flexibility index (Phi) is 5.70. The van der Waals surface area contributed by atoms with Gasteiger partial charge in [-0.3, -0.25) is 32.5 Å². The Labute approximate surface area is 191 Å². The smallest absolute Gasteiger partial charge is 0.332 e. The van der Waals surface area contributed by atoms with Gasteiger partial charge < -0.3 is 5.73 Å². The largest absolute Gasteiger partial charge is 0.384 e. The summed E-state index contributed by atoms with van der Waals surface area (Å²) in [6.45, 7) is 4.06. The molecule has 0 saturated carbocycles. The summed E-state index contributed by atoms with van der Waals surface area (Å²) in [6, 6.07) is 7.12. The minimum Gasteiger partial charge on any atom is -0.384 e. The summed E-state index contributed by atoms with van der Waals surface area (Å²) in [7, 11) is 2.70. The number of fused-ring (bicyclic) bond motifs is 3. The third-order valence-corrected chi connectivity index (χ3v) is 6.58. The Bertz CT molecular complexity index is 1590. The van der Waals surface area contributed by atoms with Crippen molar-refractivity contribution in [1.82, 2.24) is 28.3 Å². The predicted molar refractivity (Wildman–Crippen MR) is 126 cm³/mol. The molecule has 172 valence electrons. The van der Waals surface area contributed by atoms with Crippen molar-refractivity contribution in [2.24, 2.45) is 14.1 Å². The molecule has 0 fully saturated rings. The Balaban J connectivity index is 1.84. The first kappa shape index (κ1) is 22.5. The molecule has 0 radical (unpaired) electrons. The number of para-hydroxylation sites is 1. The van der Waals surface area contributed by atoms with Gasteiger partial charge in [-0.2, -0.15) is 0 Å². The van der Waals surface area contributed by atoms with Crippen LogP contribution in [-0.4, -0.2) is 39.3 Å². The van der Waals surface area contributed by atoms with Gasteiger partial charge in [0.15, 0.2) is 10.9 Å². The number of nitrogen functional groups attached to an aromatic ring is 1. The number of aromatic nitrogens is 6. The second-order valence-electron chi connectivity index (χ2n) is 7.68. The van der Waals surface area contributed by atoms with Crippen molar-refractivity contribution in [3.8, 4) is 0 Å². The zero-order chi connectivity index (χ0) is 24.0. The Morgan fingerprint density at radius 2 is 1.79 bits per heavy atom. The number of carbonyl (C=O) groups is 1. The molecule has 0 aliphatic carbocycles. The van der Waals surface area contributed by atoms with E-state index in [4.69, 9.17) is 5.73 Å². The SMILES string of the molecule is CCCn1c(=O)c2ccccc2n2c(SC(C)C(=O)c3c(N)n(C)c(=O)n(C)c3=O)nnc12. The van der Waals surface area contributed by atoms with Crippen molar-refractivity contribution in [3.63, 3.8) is 0 Å². The zero-order valence-corrected chi connectivity index (χ0v) is 19.4. The molecule has 12 heteroatoms. The van der Waals surface area contributed by atoms with Gasteiger partial charge in [0.25, 0.3) is 11.1 Å². The number of nitrogens with two attached hydrogens (primary N) is 1. The maximum Gasteiger partial charge on any atom is 0.332 e. The zero-order valence-electron chi connectivity index (χ0n) is 18.6. The molecule has 0 aliphatic rings. The first-order chi connectivity index (χ1) is 15.7. The summed E-state index contributed by atoms with van der Waals surface area (Å²) in [4.78, 5) is 50.9. The lowest BCUT2D eigenvalue weighted by Gasteiger charge is -2.14. The number of Topliss-reactive ketones (excluding diaryl/α,β-unsaturated/α-hetero) is 1. The van der Waals surface area contributed by atoms with Crippen LogP contribution in [0.5, 0.6) is 0 Å². The fraction of sp³-hybridized carbons (Fsp3) is 0.333. The Hall–Kier alpha value is -3.67. The molecule has 0 amide bonds. The molecule has 1 atom stereocenters. The lowest BCUT2D eigenvalue weighted by molar-refractivity contribution is 0.0992. The van der Waals surface area contributed by atoms with Gasteiger partial charge in [0.1, 0.15) is 11.4 Å². The number of rotatable bonds is 6. The molecular formula is C21H23N7O4S. The van der Waals surface area contributed by atoms with Crippen LogP contribution in [0.3, 0.4) is 0 Å². The second-order valence-corrected chi connectivity index (χ2v) is 8.99. The topological polar surface area (TPSA) is 139 Å². The lowest BCUT2D eigenvalue weighted by Crippen LogP contribution is -2.42. The summed E-state index contributed by atoms with van der Waals surface area (Å²) in [5.41, 5.74) is 4.80. The van der Waals surface area contributed by atoms with Crippen LogP contribution in [0.15, 0.2) is 43.8 Å². The number of hydrogen-bond donors (Lipinski definition) is 1. The van der Waals surface area contributed by atoms with Crippen LogP contribution in [-0.2, 0) is 20.6 Å². The maximum atomic E-state index is 13.2. The number of thioether (sulfide) groups is 1. The molecule has 33 heavy (non-hydrogen) atoms. The van der Waals surface area contributed by atoms with Crippen LogP contribution in [0.1, 0.15) is 30.6 Å². The summed E-state index contributed by atoms with van der Waals surface area (Å²) in [5.74, 6) is -0.342. The first-order valence-corrected chi connectivity index (χ1v) is 11.2. The number of ketones is 1. The average Bonchev–Trinajstić information content (AvgIpc) is 3.22.